The molecule has 0 heterocycles. The number of carbonyl (C=O) groups excluding carboxylic acids is 1. The quantitative estimate of drug-likeness (QED) is 0.148. The average Bonchev–Trinajstić information content (AvgIpc) is 1.46. The van der Waals surface area contributed by atoms with Crippen LogP contribution in [-0.2, 0) is 4.79 Å². The minimum atomic E-state index is 0. The van der Waals surface area contributed by atoms with Gasteiger partial charge in [0.05, 0.1) is 0 Å². The SMILES string of the molecule is [C-]#N.[K+].[K+].[N-]=C=O. The molecule has 0 radical (unpaired) electrons. The van der Waals surface area contributed by atoms with Crippen LogP contribution >= 0.6 is 0 Å². The van der Waals surface area contributed by atoms with Crippen LogP contribution in [0.15, 0.2) is 0 Å². The van der Waals surface area contributed by atoms with Gasteiger partial charge in [-0.3, -0.25) is 4.79 Å². The minimum Gasteiger partial charge on any atom is -0.724 e. The van der Waals surface area contributed by atoms with E-state index in [1.165, 1.54) is 0 Å². The van der Waals surface area contributed by atoms with Crippen LogP contribution in [0.25, 0.3) is 5.41 Å². The van der Waals surface area contributed by atoms with E-state index in [9.17, 15) is 0 Å². The number of hydrogen-bond donors (Lipinski definition) is 0. The van der Waals surface area contributed by atoms with Crippen LogP contribution in [0.3, 0.4) is 0 Å². The fourth-order valence-corrected chi connectivity index (χ4v) is 0. The molecule has 0 saturated heterocycles. The Balaban J connectivity index is -0.0000000105. The second-order valence-electron chi connectivity index (χ2n) is 0.0913. The van der Waals surface area contributed by atoms with Crippen molar-refractivity contribution in [3.05, 3.63) is 12.0 Å². The van der Waals surface area contributed by atoms with E-state index >= 15 is 0 Å². The maximum atomic E-state index is 8.24. The standard InChI is InChI=1S/CNO.CN.2K/c2-1-3;1-2;;/q2*-1;2*+1. The van der Waals surface area contributed by atoms with Crippen LogP contribution in [0.5, 0.6) is 0 Å². The Morgan fingerprint density at radius 2 is 1.43 bits per heavy atom. The van der Waals surface area contributed by atoms with Gasteiger partial charge in [-0.1, -0.05) is 0 Å². The molecular formula is C2K2N2O. The molecule has 0 aromatic rings. The first-order valence-corrected chi connectivity index (χ1v) is 0.651. The average molecular weight is 146 g/mol. The van der Waals surface area contributed by atoms with E-state index in [2.05, 4.69) is 0 Å². The van der Waals surface area contributed by atoms with Gasteiger partial charge >= 0.3 is 103 Å². The predicted octanol–water partition coefficient (Wildman–Crippen LogP) is -6.00. The Hall–Kier alpha value is 2.14. The smallest absolute Gasteiger partial charge is 0.724 e. The molecule has 0 rings (SSSR count). The first-order chi connectivity index (χ1) is 2.41. The molecule has 0 aromatic heterocycles. The molecule has 5 heteroatoms. The predicted molar refractivity (Wildman–Crippen MR) is 14.0 cm³/mol. The molecule has 0 aliphatic heterocycles. The monoisotopic (exact) mass is 146 g/mol. The van der Waals surface area contributed by atoms with Crippen molar-refractivity contribution >= 4 is 6.08 Å². The van der Waals surface area contributed by atoms with E-state index in [4.69, 9.17) is 22.0 Å². The van der Waals surface area contributed by atoms with E-state index in [-0.39, 0.29) is 103 Å². The molecule has 0 fully saturated rings. The normalized spacial score (nSPS) is 1.43. The summed E-state index contributed by atoms with van der Waals surface area (Å²) in [7, 11) is 0. The molecule has 0 unspecified atom stereocenters. The van der Waals surface area contributed by atoms with E-state index in [0.717, 1.165) is 0 Å². The topological polar surface area (TPSA) is 63.2 Å². The van der Waals surface area contributed by atoms with Crippen molar-refractivity contribution in [3.8, 4) is 0 Å². The van der Waals surface area contributed by atoms with E-state index in [1.807, 2.05) is 0 Å². The van der Waals surface area contributed by atoms with E-state index < -0.39 is 0 Å². The number of rotatable bonds is 0. The van der Waals surface area contributed by atoms with Gasteiger partial charge in [0.25, 0.3) is 0 Å². The van der Waals surface area contributed by atoms with Crippen molar-refractivity contribution < 1.29 is 108 Å². The third kappa shape index (κ3) is 66.9. The molecule has 3 nitrogen and oxygen atoms in total. The number of hydrogen-bond acceptors (Lipinski definition) is 2. The summed E-state index contributed by atoms with van der Waals surface area (Å²) in [4.78, 5) is 8.24. The summed E-state index contributed by atoms with van der Waals surface area (Å²) in [6.07, 6.45) is 0.500. The maximum absolute atomic E-state index is 8.24. The molecule has 26 valence electrons. The molecular weight excluding hydrogens is 146 g/mol. The molecule has 0 atom stereocenters. The molecule has 0 aliphatic rings. The zero-order chi connectivity index (χ0) is 4.71. The number of nitrogens with zero attached hydrogens (tertiary/aromatic N) is 2. The summed E-state index contributed by atoms with van der Waals surface area (Å²) in [6.45, 7) is 4.75. The van der Waals surface area contributed by atoms with Crippen LogP contribution in [0, 0.1) is 11.8 Å². The first kappa shape index (κ1) is 22.9. The van der Waals surface area contributed by atoms with Gasteiger partial charge in [0.1, 0.15) is 0 Å². The van der Waals surface area contributed by atoms with E-state index in [1.54, 1.807) is 0 Å². The summed E-state index contributed by atoms with van der Waals surface area (Å²) < 4.78 is 0. The van der Waals surface area contributed by atoms with Gasteiger partial charge < -0.3 is 17.2 Å². The van der Waals surface area contributed by atoms with Gasteiger partial charge in [-0.05, 0) is 6.08 Å². The van der Waals surface area contributed by atoms with Gasteiger partial charge in [0.2, 0.25) is 0 Å². The second-order valence-corrected chi connectivity index (χ2v) is 0.0913. The minimum absolute atomic E-state index is 0. The molecule has 7 heavy (non-hydrogen) atoms. The largest absolute Gasteiger partial charge is 1.00 e. The molecule has 0 aliphatic carbocycles. The third-order valence-corrected chi connectivity index (χ3v) is 0. The van der Waals surface area contributed by atoms with E-state index in [0.29, 0.717) is 6.08 Å². The first-order valence-electron chi connectivity index (χ1n) is 0.651. The molecule has 0 amide bonds. The van der Waals surface area contributed by atoms with Gasteiger partial charge in [0.15, 0.2) is 0 Å². The Labute approximate surface area is 127 Å². The molecule has 0 aromatic carbocycles. The maximum Gasteiger partial charge on any atom is 1.00 e. The summed E-state index contributed by atoms with van der Waals surface area (Å²) in [5.41, 5.74) is 0. The van der Waals surface area contributed by atoms with Crippen molar-refractivity contribution in [2.75, 3.05) is 0 Å². The van der Waals surface area contributed by atoms with Crippen LogP contribution < -0.4 is 103 Å². The summed E-state index contributed by atoms with van der Waals surface area (Å²) in [5, 5.41) is 13.0. The van der Waals surface area contributed by atoms with Crippen LogP contribution in [0.2, 0.25) is 0 Å². The van der Waals surface area contributed by atoms with Crippen molar-refractivity contribution in [3.63, 3.8) is 0 Å². The van der Waals surface area contributed by atoms with Gasteiger partial charge in [-0.15, -0.1) is 0 Å². The van der Waals surface area contributed by atoms with Crippen LogP contribution in [0.4, 0.5) is 0 Å². The Morgan fingerprint density at radius 3 is 1.43 bits per heavy atom. The summed E-state index contributed by atoms with van der Waals surface area (Å²) >= 11 is 0. The molecule has 0 spiro atoms. The number of isocyanates is 1. The van der Waals surface area contributed by atoms with Crippen LogP contribution in [-0.4, -0.2) is 6.08 Å². The zero-order valence-corrected chi connectivity index (χ0v) is 10.5. The Kier molecular flexibility index (Phi) is 138. The molecule has 0 N–H and O–H groups in total. The summed E-state index contributed by atoms with van der Waals surface area (Å²) in [6, 6.07) is 0. The van der Waals surface area contributed by atoms with Crippen LogP contribution in [0.1, 0.15) is 0 Å². The third-order valence-electron chi connectivity index (χ3n) is 0. The second kappa shape index (κ2) is 42.1. The Morgan fingerprint density at radius 1 is 1.43 bits per heavy atom. The fraction of sp³-hybridized carbons (Fsp3) is 0. The van der Waals surface area contributed by atoms with Crippen molar-refractivity contribution in [2.45, 2.75) is 0 Å². The van der Waals surface area contributed by atoms with Crippen molar-refractivity contribution in [1.82, 2.24) is 0 Å². The van der Waals surface area contributed by atoms with Crippen molar-refractivity contribution in [2.24, 2.45) is 0 Å². The molecule has 0 bridgehead atoms. The van der Waals surface area contributed by atoms with Crippen molar-refractivity contribution in [1.29, 1.82) is 5.26 Å². The summed E-state index contributed by atoms with van der Waals surface area (Å²) in [5.74, 6) is 0. The van der Waals surface area contributed by atoms with Gasteiger partial charge in [-0.25, -0.2) is 0 Å². The van der Waals surface area contributed by atoms with Gasteiger partial charge in [0, 0.05) is 0 Å². The zero-order valence-electron chi connectivity index (χ0n) is 4.30. The van der Waals surface area contributed by atoms with Gasteiger partial charge in [-0.2, -0.15) is 0 Å². The molecule has 0 saturated carbocycles. The Bertz CT molecular complexity index is 56.0. The fourth-order valence-electron chi connectivity index (χ4n) is 0.